The van der Waals surface area contributed by atoms with Crippen molar-refractivity contribution < 1.29 is 14.7 Å². The number of carboxylic acid groups (broad SMARTS) is 1. The fourth-order valence-electron chi connectivity index (χ4n) is 1.29. The van der Waals surface area contributed by atoms with Gasteiger partial charge in [-0.3, -0.25) is 4.79 Å². The smallest absolute Gasteiger partial charge is 0.332 e. The molecule has 1 rings (SSSR count). The lowest BCUT2D eigenvalue weighted by atomic mass is 9.86. The Hall–Kier alpha value is -1.12. The summed E-state index contributed by atoms with van der Waals surface area (Å²) < 4.78 is 0. The summed E-state index contributed by atoms with van der Waals surface area (Å²) in [6.07, 6.45) is 1.54. The maximum Gasteiger partial charge on any atom is 0.332 e. The van der Waals surface area contributed by atoms with Gasteiger partial charge in [-0.15, -0.1) is 0 Å². The molecule has 0 unspecified atom stereocenters. The number of rotatable bonds is 1. The number of hydrogen-bond donors (Lipinski definition) is 1. The number of carbonyl (C=O) groups is 2. The van der Waals surface area contributed by atoms with Gasteiger partial charge < -0.3 is 5.11 Å². The first-order valence-electron chi connectivity index (χ1n) is 3.42. The first-order valence-corrected chi connectivity index (χ1v) is 3.42. The van der Waals surface area contributed by atoms with E-state index in [1.54, 1.807) is 13.8 Å². The van der Waals surface area contributed by atoms with Crippen molar-refractivity contribution in [1.29, 1.82) is 0 Å². The van der Waals surface area contributed by atoms with Crippen molar-refractivity contribution in [3.63, 3.8) is 0 Å². The van der Waals surface area contributed by atoms with Gasteiger partial charge in [0.1, 0.15) is 0 Å². The summed E-state index contributed by atoms with van der Waals surface area (Å²) in [6, 6.07) is 0. The van der Waals surface area contributed by atoms with E-state index in [1.807, 2.05) is 0 Å². The zero-order chi connectivity index (χ0) is 8.65. The quantitative estimate of drug-likeness (QED) is 0.612. The second-order valence-corrected chi connectivity index (χ2v) is 3.39. The minimum absolute atomic E-state index is 0.0904. The Morgan fingerprint density at radius 3 is 2.36 bits per heavy atom. The molecule has 0 atom stereocenters. The SMILES string of the molecule is CC1(C)CC(=O)C=C1C(=O)O. The summed E-state index contributed by atoms with van der Waals surface area (Å²) in [6.45, 7) is 3.52. The summed E-state index contributed by atoms with van der Waals surface area (Å²) in [7, 11) is 0. The van der Waals surface area contributed by atoms with E-state index in [-0.39, 0.29) is 11.4 Å². The molecule has 0 spiro atoms. The molecular weight excluding hydrogens is 144 g/mol. The zero-order valence-corrected chi connectivity index (χ0v) is 6.55. The summed E-state index contributed by atoms with van der Waals surface area (Å²) in [5.74, 6) is -1.08. The third kappa shape index (κ3) is 1.31. The van der Waals surface area contributed by atoms with Crippen LogP contribution < -0.4 is 0 Å². The minimum atomic E-state index is -0.985. The highest BCUT2D eigenvalue weighted by Crippen LogP contribution is 2.35. The van der Waals surface area contributed by atoms with E-state index in [9.17, 15) is 9.59 Å². The topological polar surface area (TPSA) is 54.4 Å². The van der Waals surface area contributed by atoms with Gasteiger partial charge in [-0.1, -0.05) is 13.8 Å². The lowest BCUT2D eigenvalue weighted by Crippen LogP contribution is -2.17. The minimum Gasteiger partial charge on any atom is -0.478 e. The predicted octanol–water partition coefficient (Wildman–Crippen LogP) is 0.996. The Balaban J connectivity index is 3.01. The molecule has 1 aliphatic rings. The van der Waals surface area contributed by atoms with Crippen molar-refractivity contribution in [2.75, 3.05) is 0 Å². The number of aliphatic carboxylic acids is 1. The summed E-state index contributed by atoms with van der Waals surface area (Å²) >= 11 is 0. The van der Waals surface area contributed by atoms with E-state index in [4.69, 9.17) is 5.11 Å². The molecule has 0 aromatic carbocycles. The number of carbonyl (C=O) groups excluding carboxylic acids is 1. The molecule has 0 heterocycles. The molecule has 0 saturated carbocycles. The van der Waals surface area contributed by atoms with Crippen molar-refractivity contribution in [3.8, 4) is 0 Å². The van der Waals surface area contributed by atoms with Crippen LogP contribution in [0.2, 0.25) is 0 Å². The van der Waals surface area contributed by atoms with Crippen LogP contribution in [0.3, 0.4) is 0 Å². The van der Waals surface area contributed by atoms with Crippen LogP contribution in [0.1, 0.15) is 20.3 Å². The van der Waals surface area contributed by atoms with Crippen LogP contribution in [0.15, 0.2) is 11.6 Å². The largest absolute Gasteiger partial charge is 0.478 e. The van der Waals surface area contributed by atoms with Crippen molar-refractivity contribution in [3.05, 3.63) is 11.6 Å². The van der Waals surface area contributed by atoms with Gasteiger partial charge in [-0.25, -0.2) is 4.79 Å². The summed E-state index contributed by atoms with van der Waals surface area (Å²) in [5, 5.41) is 8.65. The molecule has 60 valence electrons. The van der Waals surface area contributed by atoms with Crippen LogP contribution in [-0.4, -0.2) is 16.9 Å². The first-order chi connectivity index (χ1) is 4.93. The van der Waals surface area contributed by atoms with E-state index >= 15 is 0 Å². The molecule has 0 aromatic rings. The monoisotopic (exact) mass is 154 g/mol. The van der Waals surface area contributed by atoms with Crippen molar-refractivity contribution >= 4 is 11.8 Å². The second-order valence-electron chi connectivity index (χ2n) is 3.39. The highest BCUT2D eigenvalue weighted by Gasteiger charge is 2.36. The Kier molecular flexibility index (Phi) is 1.59. The van der Waals surface area contributed by atoms with Crippen molar-refractivity contribution in [2.24, 2.45) is 5.41 Å². The average molecular weight is 154 g/mol. The van der Waals surface area contributed by atoms with Crippen LogP contribution in [0.5, 0.6) is 0 Å². The van der Waals surface area contributed by atoms with E-state index in [0.717, 1.165) is 0 Å². The van der Waals surface area contributed by atoms with Crippen LogP contribution in [0.4, 0.5) is 0 Å². The standard InChI is InChI=1S/C8H10O3/c1-8(2)4-5(9)3-6(8)7(10)11/h3H,4H2,1-2H3,(H,10,11). The molecule has 1 N–H and O–H groups in total. The lowest BCUT2D eigenvalue weighted by Gasteiger charge is -2.17. The average Bonchev–Trinajstić information content (AvgIpc) is 2.04. The van der Waals surface area contributed by atoms with E-state index in [1.165, 1.54) is 6.08 Å². The van der Waals surface area contributed by atoms with Gasteiger partial charge in [0.05, 0.1) is 0 Å². The van der Waals surface area contributed by atoms with Gasteiger partial charge in [0, 0.05) is 17.4 Å². The lowest BCUT2D eigenvalue weighted by molar-refractivity contribution is -0.133. The number of allylic oxidation sites excluding steroid dienone is 1. The number of ketones is 1. The molecule has 0 fully saturated rings. The Labute approximate surface area is 64.7 Å². The molecule has 11 heavy (non-hydrogen) atoms. The molecule has 0 radical (unpaired) electrons. The zero-order valence-electron chi connectivity index (χ0n) is 6.55. The van der Waals surface area contributed by atoms with Crippen LogP contribution in [-0.2, 0) is 9.59 Å². The third-order valence-electron chi connectivity index (χ3n) is 1.88. The van der Waals surface area contributed by atoms with Crippen molar-refractivity contribution in [2.45, 2.75) is 20.3 Å². The number of carboxylic acids is 1. The van der Waals surface area contributed by atoms with Gasteiger partial charge in [-0.05, 0) is 6.08 Å². The normalized spacial score (nSPS) is 21.6. The molecule has 0 bridgehead atoms. The van der Waals surface area contributed by atoms with Crippen molar-refractivity contribution in [1.82, 2.24) is 0 Å². The molecule has 0 amide bonds. The van der Waals surface area contributed by atoms with Crippen LogP contribution in [0, 0.1) is 5.41 Å². The highest BCUT2D eigenvalue weighted by molar-refractivity contribution is 6.04. The Bertz CT molecular complexity index is 248. The van der Waals surface area contributed by atoms with Gasteiger partial charge in [0.15, 0.2) is 5.78 Å². The van der Waals surface area contributed by atoms with Crippen LogP contribution >= 0.6 is 0 Å². The predicted molar refractivity (Wildman–Crippen MR) is 39.1 cm³/mol. The summed E-state index contributed by atoms with van der Waals surface area (Å²) in [4.78, 5) is 21.4. The maximum atomic E-state index is 10.8. The molecule has 1 aliphatic carbocycles. The van der Waals surface area contributed by atoms with Gasteiger partial charge in [-0.2, -0.15) is 0 Å². The first kappa shape index (κ1) is 7.98. The second kappa shape index (κ2) is 2.19. The fraction of sp³-hybridized carbons (Fsp3) is 0.500. The van der Waals surface area contributed by atoms with Gasteiger partial charge >= 0.3 is 5.97 Å². The Morgan fingerprint density at radius 1 is 1.64 bits per heavy atom. The molecule has 0 aromatic heterocycles. The highest BCUT2D eigenvalue weighted by atomic mass is 16.4. The van der Waals surface area contributed by atoms with E-state index in [2.05, 4.69) is 0 Å². The third-order valence-corrected chi connectivity index (χ3v) is 1.88. The van der Waals surface area contributed by atoms with Gasteiger partial charge in [0.2, 0.25) is 0 Å². The van der Waals surface area contributed by atoms with Crippen LogP contribution in [0.25, 0.3) is 0 Å². The maximum absolute atomic E-state index is 10.8. The summed E-state index contributed by atoms with van der Waals surface area (Å²) in [5.41, 5.74) is -0.259. The molecule has 0 saturated heterocycles. The molecular formula is C8H10O3. The van der Waals surface area contributed by atoms with E-state index in [0.29, 0.717) is 6.42 Å². The van der Waals surface area contributed by atoms with Gasteiger partial charge in [0.25, 0.3) is 0 Å². The fourth-order valence-corrected chi connectivity index (χ4v) is 1.29. The number of hydrogen-bond acceptors (Lipinski definition) is 2. The molecule has 3 heteroatoms. The Morgan fingerprint density at radius 2 is 2.18 bits per heavy atom. The molecule has 3 nitrogen and oxygen atoms in total. The molecule has 0 aliphatic heterocycles. The van der Waals surface area contributed by atoms with E-state index < -0.39 is 11.4 Å².